The van der Waals surface area contributed by atoms with Gasteiger partial charge < -0.3 is 4.90 Å². The SMILES string of the molecule is O=C(c1ccc(F)cc1)N1CCC[C@@H](c2nccnc2-c2cccc(Cl)c2)C1. The van der Waals surface area contributed by atoms with Crippen LogP contribution in [0.15, 0.2) is 60.9 Å². The molecule has 1 aromatic heterocycles. The second-order valence-electron chi connectivity index (χ2n) is 6.90. The highest BCUT2D eigenvalue weighted by atomic mass is 35.5. The minimum Gasteiger partial charge on any atom is -0.338 e. The number of carbonyl (C=O) groups excluding carboxylic acids is 1. The summed E-state index contributed by atoms with van der Waals surface area (Å²) in [7, 11) is 0. The smallest absolute Gasteiger partial charge is 0.253 e. The average Bonchev–Trinajstić information content (AvgIpc) is 2.74. The molecule has 0 bridgehead atoms. The highest BCUT2D eigenvalue weighted by Crippen LogP contribution is 2.33. The number of nitrogens with zero attached hydrogens (tertiary/aromatic N) is 3. The summed E-state index contributed by atoms with van der Waals surface area (Å²) >= 11 is 6.15. The average molecular weight is 396 g/mol. The number of benzene rings is 2. The highest BCUT2D eigenvalue weighted by molar-refractivity contribution is 6.30. The van der Waals surface area contributed by atoms with Gasteiger partial charge in [-0.3, -0.25) is 14.8 Å². The molecule has 0 N–H and O–H groups in total. The van der Waals surface area contributed by atoms with Gasteiger partial charge in [0.1, 0.15) is 5.82 Å². The molecule has 1 atom stereocenters. The molecule has 1 aliphatic heterocycles. The van der Waals surface area contributed by atoms with E-state index < -0.39 is 0 Å². The van der Waals surface area contributed by atoms with Crippen LogP contribution in [0.3, 0.4) is 0 Å². The van der Waals surface area contributed by atoms with Crippen molar-refractivity contribution in [1.29, 1.82) is 0 Å². The van der Waals surface area contributed by atoms with Gasteiger partial charge in [0.05, 0.1) is 11.4 Å². The lowest BCUT2D eigenvalue weighted by atomic mass is 9.91. The van der Waals surface area contributed by atoms with Crippen LogP contribution in [0.1, 0.15) is 34.8 Å². The standard InChI is InChI=1S/C22H19ClFN3O/c23-18-5-1-3-16(13-18)20-21(26-11-10-25-20)17-4-2-12-27(14-17)22(28)15-6-8-19(24)9-7-15/h1,3,5-11,13,17H,2,4,12,14H2/t17-/m1/s1. The first-order chi connectivity index (χ1) is 13.6. The van der Waals surface area contributed by atoms with E-state index in [2.05, 4.69) is 9.97 Å². The Labute approximate surface area is 168 Å². The number of likely N-dealkylation sites (tertiary alicyclic amines) is 1. The number of hydrogen-bond acceptors (Lipinski definition) is 3. The molecule has 28 heavy (non-hydrogen) atoms. The molecule has 2 heterocycles. The van der Waals surface area contributed by atoms with E-state index in [-0.39, 0.29) is 17.6 Å². The molecule has 0 spiro atoms. The molecule has 4 rings (SSSR count). The topological polar surface area (TPSA) is 46.1 Å². The normalized spacial score (nSPS) is 16.8. The van der Waals surface area contributed by atoms with E-state index in [0.717, 1.165) is 29.8 Å². The predicted molar refractivity (Wildman–Crippen MR) is 107 cm³/mol. The van der Waals surface area contributed by atoms with Crippen molar-refractivity contribution < 1.29 is 9.18 Å². The van der Waals surface area contributed by atoms with E-state index in [9.17, 15) is 9.18 Å². The molecular formula is C22H19ClFN3O. The first kappa shape index (κ1) is 18.6. The maximum Gasteiger partial charge on any atom is 0.253 e. The Morgan fingerprint density at radius 3 is 2.68 bits per heavy atom. The minimum atomic E-state index is -0.348. The fourth-order valence-electron chi connectivity index (χ4n) is 3.67. The molecule has 3 aromatic rings. The molecule has 2 aromatic carbocycles. The lowest BCUT2D eigenvalue weighted by molar-refractivity contribution is 0.0706. The zero-order valence-corrected chi connectivity index (χ0v) is 15.9. The second-order valence-corrected chi connectivity index (χ2v) is 7.33. The van der Waals surface area contributed by atoms with Gasteiger partial charge >= 0.3 is 0 Å². The highest BCUT2D eigenvalue weighted by Gasteiger charge is 2.28. The van der Waals surface area contributed by atoms with Crippen LogP contribution in [0.25, 0.3) is 11.3 Å². The maximum atomic E-state index is 13.2. The molecule has 1 amide bonds. The summed E-state index contributed by atoms with van der Waals surface area (Å²) in [6.07, 6.45) is 5.16. The van der Waals surface area contributed by atoms with Gasteiger partial charge in [0.15, 0.2) is 0 Å². The van der Waals surface area contributed by atoms with Crippen LogP contribution in [0.5, 0.6) is 0 Å². The van der Waals surface area contributed by atoms with Gasteiger partial charge in [0.25, 0.3) is 5.91 Å². The third-order valence-corrected chi connectivity index (χ3v) is 5.25. The third-order valence-electron chi connectivity index (χ3n) is 5.01. The van der Waals surface area contributed by atoms with Crippen LogP contribution in [0.4, 0.5) is 4.39 Å². The van der Waals surface area contributed by atoms with Gasteiger partial charge in [-0.05, 0) is 49.2 Å². The molecular weight excluding hydrogens is 377 g/mol. The lowest BCUT2D eigenvalue weighted by Crippen LogP contribution is -2.39. The van der Waals surface area contributed by atoms with Gasteiger partial charge in [-0.1, -0.05) is 23.7 Å². The largest absolute Gasteiger partial charge is 0.338 e. The van der Waals surface area contributed by atoms with Crippen molar-refractivity contribution in [2.45, 2.75) is 18.8 Å². The van der Waals surface area contributed by atoms with Crippen LogP contribution < -0.4 is 0 Å². The van der Waals surface area contributed by atoms with Gasteiger partial charge in [-0.15, -0.1) is 0 Å². The van der Waals surface area contributed by atoms with Gasteiger partial charge in [0.2, 0.25) is 0 Å². The van der Waals surface area contributed by atoms with Gasteiger partial charge in [0, 0.05) is 47.6 Å². The number of piperidine rings is 1. The third kappa shape index (κ3) is 3.90. The van der Waals surface area contributed by atoms with Crippen LogP contribution in [0, 0.1) is 5.82 Å². The quantitative estimate of drug-likeness (QED) is 0.630. The molecule has 0 unspecified atom stereocenters. The maximum absolute atomic E-state index is 13.2. The van der Waals surface area contributed by atoms with E-state index in [1.165, 1.54) is 24.3 Å². The van der Waals surface area contributed by atoms with Crippen molar-refractivity contribution >= 4 is 17.5 Å². The summed E-state index contributed by atoms with van der Waals surface area (Å²) < 4.78 is 13.2. The summed E-state index contributed by atoms with van der Waals surface area (Å²) in [6.45, 7) is 1.24. The van der Waals surface area contributed by atoms with E-state index in [1.807, 2.05) is 29.2 Å². The Kier molecular flexibility index (Phi) is 5.35. The van der Waals surface area contributed by atoms with Gasteiger partial charge in [-0.2, -0.15) is 0 Å². The number of hydrogen-bond donors (Lipinski definition) is 0. The van der Waals surface area contributed by atoms with E-state index >= 15 is 0 Å². The second kappa shape index (κ2) is 8.07. The number of amides is 1. The van der Waals surface area contributed by atoms with Gasteiger partial charge in [-0.25, -0.2) is 4.39 Å². The van der Waals surface area contributed by atoms with Crippen LogP contribution in [-0.2, 0) is 0 Å². The van der Waals surface area contributed by atoms with Crippen molar-refractivity contribution in [1.82, 2.24) is 14.9 Å². The first-order valence-corrected chi connectivity index (χ1v) is 9.61. The lowest BCUT2D eigenvalue weighted by Gasteiger charge is -2.33. The summed E-state index contributed by atoms with van der Waals surface area (Å²) in [5.41, 5.74) is 3.08. The number of halogens is 2. The molecule has 1 aliphatic rings. The fraction of sp³-hybridized carbons (Fsp3) is 0.227. The Balaban J connectivity index is 1.60. The molecule has 6 heteroatoms. The van der Waals surface area contributed by atoms with Crippen molar-refractivity contribution in [3.05, 3.63) is 83.0 Å². The summed E-state index contributed by atoms with van der Waals surface area (Å²) in [5, 5.41) is 0.644. The summed E-state index contributed by atoms with van der Waals surface area (Å²) in [5.74, 6) is -0.350. The van der Waals surface area contributed by atoms with Crippen molar-refractivity contribution in [2.75, 3.05) is 13.1 Å². The minimum absolute atomic E-state index is 0.0841. The van der Waals surface area contributed by atoms with Crippen molar-refractivity contribution in [2.24, 2.45) is 0 Å². The Morgan fingerprint density at radius 1 is 1.11 bits per heavy atom. The Morgan fingerprint density at radius 2 is 1.89 bits per heavy atom. The summed E-state index contributed by atoms with van der Waals surface area (Å²) in [6, 6.07) is 13.2. The van der Waals surface area contributed by atoms with Crippen LogP contribution >= 0.6 is 11.6 Å². The first-order valence-electron chi connectivity index (χ1n) is 9.23. The van der Waals surface area contributed by atoms with E-state index in [4.69, 9.17) is 11.6 Å². The van der Waals surface area contributed by atoms with E-state index in [1.54, 1.807) is 12.4 Å². The fourth-order valence-corrected chi connectivity index (χ4v) is 3.86. The van der Waals surface area contributed by atoms with Crippen LogP contribution in [0.2, 0.25) is 5.02 Å². The number of carbonyl (C=O) groups is 1. The van der Waals surface area contributed by atoms with Crippen LogP contribution in [-0.4, -0.2) is 33.9 Å². The number of aromatic nitrogens is 2. The molecule has 0 aliphatic carbocycles. The molecule has 1 fully saturated rings. The Bertz CT molecular complexity index is 993. The van der Waals surface area contributed by atoms with Crippen molar-refractivity contribution in [3.63, 3.8) is 0 Å². The monoisotopic (exact) mass is 395 g/mol. The molecule has 0 saturated carbocycles. The van der Waals surface area contributed by atoms with Crippen molar-refractivity contribution in [3.8, 4) is 11.3 Å². The Hall–Kier alpha value is -2.79. The molecule has 4 nitrogen and oxygen atoms in total. The van der Waals surface area contributed by atoms with E-state index in [0.29, 0.717) is 23.7 Å². The zero-order valence-electron chi connectivity index (χ0n) is 15.2. The zero-order chi connectivity index (χ0) is 19.5. The molecule has 1 saturated heterocycles. The molecule has 0 radical (unpaired) electrons. The number of rotatable bonds is 3. The summed E-state index contributed by atoms with van der Waals surface area (Å²) in [4.78, 5) is 23.8. The molecule has 142 valence electrons. The predicted octanol–water partition coefficient (Wildman–Crippen LogP) is 4.96.